The van der Waals surface area contributed by atoms with Crippen LogP contribution in [0.4, 0.5) is 5.82 Å². The molecule has 2 aromatic heterocycles. The summed E-state index contributed by atoms with van der Waals surface area (Å²) < 4.78 is 0. The fraction of sp³-hybridized carbons (Fsp3) is 0.130. The van der Waals surface area contributed by atoms with Crippen LogP contribution in [0, 0.1) is 0 Å². The minimum absolute atomic E-state index is 0.296. The van der Waals surface area contributed by atoms with Crippen LogP contribution in [0.3, 0.4) is 0 Å². The van der Waals surface area contributed by atoms with Gasteiger partial charge in [0.2, 0.25) is 0 Å². The number of hydrogen-bond donors (Lipinski definition) is 2. The molecule has 1 atom stereocenters. The Morgan fingerprint density at radius 2 is 1.96 bits per heavy atom. The minimum atomic E-state index is 0.296. The molecule has 1 aliphatic carbocycles. The molecule has 1 aliphatic rings. The summed E-state index contributed by atoms with van der Waals surface area (Å²) >= 11 is 1.55. The molecule has 0 saturated carbocycles. The average molecular weight is 385 g/mol. The first-order valence-electron chi connectivity index (χ1n) is 9.34. The van der Waals surface area contributed by atoms with E-state index in [1.165, 1.54) is 11.1 Å². The first-order chi connectivity index (χ1) is 13.8. The van der Waals surface area contributed by atoms with E-state index in [0.29, 0.717) is 11.8 Å². The highest BCUT2D eigenvalue weighted by Gasteiger charge is 2.22. The van der Waals surface area contributed by atoms with Crippen molar-refractivity contribution < 1.29 is 5.21 Å². The fourth-order valence-corrected chi connectivity index (χ4v) is 4.70. The van der Waals surface area contributed by atoms with E-state index in [4.69, 9.17) is 4.98 Å². The molecule has 0 radical (unpaired) electrons. The van der Waals surface area contributed by atoms with Crippen molar-refractivity contribution in [1.82, 2.24) is 4.98 Å². The number of nitrogens with one attached hydrogen (secondary N) is 1. The summed E-state index contributed by atoms with van der Waals surface area (Å²) in [5.41, 5.74) is 5.13. The van der Waals surface area contributed by atoms with Crippen LogP contribution in [0.25, 0.3) is 10.9 Å². The van der Waals surface area contributed by atoms with E-state index < -0.39 is 0 Å². The van der Waals surface area contributed by atoms with E-state index in [2.05, 4.69) is 40.8 Å². The summed E-state index contributed by atoms with van der Waals surface area (Å²) in [6.07, 6.45) is 2.18. The van der Waals surface area contributed by atoms with Crippen molar-refractivity contribution in [3.05, 3.63) is 93.7 Å². The second-order valence-corrected chi connectivity index (χ2v) is 7.88. The van der Waals surface area contributed by atoms with E-state index in [1.807, 2.05) is 41.8 Å². The molecule has 0 saturated heterocycles. The van der Waals surface area contributed by atoms with Crippen molar-refractivity contribution >= 4 is 33.8 Å². The van der Waals surface area contributed by atoms with Gasteiger partial charge in [0.05, 0.1) is 16.4 Å². The molecule has 4 nitrogen and oxygen atoms in total. The van der Waals surface area contributed by atoms with Gasteiger partial charge in [-0.1, -0.05) is 47.6 Å². The summed E-state index contributed by atoms with van der Waals surface area (Å²) in [5.74, 6) is 0.866. The highest BCUT2D eigenvalue weighted by molar-refractivity contribution is 7.12. The number of fused-ring (bicyclic) bond motifs is 2. The van der Waals surface area contributed by atoms with E-state index >= 15 is 0 Å². The first kappa shape index (κ1) is 17.0. The van der Waals surface area contributed by atoms with Gasteiger partial charge in [-0.25, -0.2) is 4.98 Å². The molecular formula is C23H19N3OS. The summed E-state index contributed by atoms with van der Waals surface area (Å²) in [6.45, 7) is 0. The van der Waals surface area contributed by atoms with Gasteiger partial charge in [-0.2, -0.15) is 0 Å². The standard InChI is InChI=1S/C23H19N3OS/c27-26-23(21-9-4-14-28-21)18-7-3-8-19-17(18)11-13-22(24-19)25-20-12-10-15-5-1-2-6-16(15)20/h1-9,11,13-14,20,27H,10,12H2,(H,24,25)/t20-/m1/s1. The van der Waals surface area contributed by atoms with Gasteiger partial charge in [-0.05, 0) is 53.6 Å². The molecule has 2 N–H and O–H groups in total. The van der Waals surface area contributed by atoms with Gasteiger partial charge in [0, 0.05) is 10.9 Å². The van der Waals surface area contributed by atoms with Crippen LogP contribution in [-0.4, -0.2) is 15.9 Å². The lowest BCUT2D eigenvalue weighted by atomic mass is 10.0. The Labute approximate surface area is 167 Å². The Morgan fingerprint density at radius 1 is 1.04 bits per heavy atom. The number of anilines is 1. The van der Waals surface area contributed by atoms with Crippen molar-refractivity contribution in [1.29, 1.82) is 0 Å². The third-order valence-electron chi connectivity index (χ3n) is 5.30. The minimum Gasteiger partial charge on any atom is -0.410 e. The Balaban J connectivity index is 1.50. The highest BCUT2D eigenvalue weighted by Crippen LogP contribution is 2.34. The third kappa shape index (κ3) is 2.94. The third-order valence-corrected chi connectivity index (χ3v) is 6.17. The number of aromatic nitrogens is 1. The number of hydrogen-bond acceptors (Lipinski definition) is 5. The molecule has 0 amide bonds. The second-order valence-electron chi connectivity index (χ2n) is 6.93. The van der Waals surface area contributed by atoms with E-state index in [9.17, 15) is 5.21 Å². The number of oxime groups is 1. The Bertz CT molecular complexity index is 1170. The van der Waals surface area contributed by atoms with Crippen LogP contribution in [0.15, 0.2) is 77.3 Å². The molecule has 4 aromatic rings. The molecule has 0 aliphatic heterocycles. The number of rotatable bonds is 4. The maximum Gasteiger partial charge on any atom is 0.127 e. The average Bonchev–Trinajstić information content (AvgIpc) is 3.40. The zero-order chi connectivity index (χ0) is 18.9. The van der Waals surface area contributed by atoms with Gasteiger partial charge in [0.1, 0.15) is 11.5 Å². The highest BCUT2D eigenvalue weighted by atomic mass is 32.1. The summed E-state index contributed by atoms with van der Waals surface area (Å²) in [4.78, 5) is 5.76. The number of thiophene rings is 1. The second kappa shape index (κ2) is 7.09. The predicted octanol–water partition coefficient (Wildman–Crippen LogP) is 5.62. The van der Waals surface area contributed by atoms with Crippen LogP contribution >= 0.6 is 11.3 Å². The molecule has 2 heterocycles. The van der Waals surface area contributed by atoms with Gasteiger partial charge in [0.15, 0.2) is 0 Å². The van der Waals surface area contributed by atoms with Gasteiger partial charge < -0.3 is 10.5 Å². The lowest BCUT2D eigenvalue weighted by Gasteiger charge is -2.16. The lowest BCUT2D eigenvalue weighted by molar-refractivity contribution is 0.320. The van der Waals surface area contributed by atoms with Crippen LogP contribution in [0.2, 0.25) is 0 Å². The molecule has 0 spiro atoms. The monoisotopic (exact) mass is 385 g/mol. The van der Waals surface area contributed by atoms with Crippen molar-refractivity contribution in [2.75, 3.05) is 5.32 Å². The van der Waals surface area contributed by atoms with Crippen molar-refractivity contribution in [3.63, 3.8) is 0 Å². The maximum atomic E-state index is 9.61. The Kier molecular flexibility index (Phi) is 4.29. The first-order valence-corrected chi connectivity index (χ1v) is 10.2. The van der Waals surface area contributed by atoms with Crippen LogP contribution < -0.4 is 5.32 Å². The zero-order valence-electron chi connectivity index (χ0n) is 15.2. The maximum absolute atomic E-state index is 9.61. The summed E-state index contributed by atoms with van der Waals surface area (Å²) in [6, 6.07) is 22.8. The molecule has 5 heteroatoms. The molecule has 2 aromatic carbocycles. The topological polar surface area (TPSA) is 57.5 Å². The van der Waals surface area contributed by atoms with Crippen molar-refractivity contribution in [3.8, 4) is 0 Å². The summed E-state index contributed by atoms with van der Waals surface area (Å²) in [7, 11) is 0. The molecule has 138 valence electrons. The van der Waals surface area contributed by atoms with E-state index in [0.717, 1.165) is 40.0 Å². The van der Waals surface area contributed by atoms with Gasteiger partial charge in [-0.15, -0.1) is 11.3 Å². The van der Waals surface area contributed by atoms with Crippen LogP contribution in [0.5, 0.6) is 0 Å². The summed E-state index contributed by atoms with van der Waals surface area (Å²) in [5, 5.41) is 19.7. The molecule has 0 unspecified atom stereocenters. The Morgan fingerprint density at radius 3 is 2.82 bits per heavy atom. The number of nitrogens with zero attached hydrogens (tertiary/aromatic N) is 2. The van der Waals surface area contributed by atoms with Gasteiger partial charge in [-0.3, -0.25) is 0 Å². The SMILES string of the molecule is ON=C(c1cccs1)c1cccc2nc(N[C@@H]3CCc4ccccc43)ccc12. The molecule has 28 heavy (non-hydrogen) atoms. The van der Waals surface area contributed by atoms with E-state index in [1.54, 1.807) is 11.3 Å². The molecule has 0 fully saturated rings. The molecule has 5 rings (SSSR count). The largest absolute Gasteiger partial charge is 0.410 e. The lowest BCUT2D eigenvalue weighted by Crippen LogP contribution is -2.09. The van der Waals surface area contributed by atoms with Crippen molar-refractivity contribution in [2.45, 2.75) is 18.9 Å². The van der Waals surface area contributed by atoms with Gasteiger partial charge >= 0.3 is 0 Å². The fourth-order valence-electron chi connectivity index (χ4n) is 3.98. The van der Waals surface area contributed by atoms with Crippen molar-refractivity contribution in [2.24, 2.45) is 5.16 Å². The predicted molar refractivity (Wildman–Crippen MR) is 115 cm³/mol. The van der Waals surface area contributed by atoms with Gasteiger partial charge in [0.25, 0.3) is 0 Å². The quantitative estimate of drug-likeness (QED) is 0.272. The molecular weight excluding hydrogens is 366 g/mol. The van der Waals surface area contributed by atoms with E-state index in [-0.39, 0.29) is 0 Å². The van der Waals surface area contributed by atoms with Crippen LogP contribution in [0.1, 0.15) is 34.0 Å². The smallest absolute Gasteiger partial charge is 0.127 e. The van der Waals surface area contributed by atoms with Crippen LogP contribution in [-0.2, 0) is 6.42 Å². The number of aryl methyl sites for hydroxylation is 1. The zero-order valence-corrected chi connectivity index (χ0v) is 16.0. The number of benzene rings is 2. The Hall–Kier alpha value is -3.18. The number of pyridine rings is 1. The molecule has 0 bridgehead atoms. The normalized spacial score (nSPS) is 16.3.